The first kappa shape index (κ1) is 17.1. The topological polar surface area (TPSA) is 92.3 Å². The van der Waals surface area contributed by atoms with Crippen molar-refractivity contribution in [3.8, 4) is 0 Å². The molecule has 0 saturated heterocycles. The Morgan fingerprint density at radius 3 is 2.05 bits per heavy atom. The van der Waals surface area contributed by atoms with Crippen LogP contribution >= 0.6 is 11.6 Å². The molecule has 20 heavy (non-hydrogen) atoms. The first-order chi connectivity index (χ1) is 9.13. The monoisotopic (exact) mass is 340 g/mol. The fourth-order valence-electron chi connectivity index (χ4n) is 1.49. The van der Waals surface area contributed by atoms with Crippen LogP contribution in [0, 0.1) is 5.92 Å². The molecule has 1 aromatic rings. The minimum absolute atomic E-state index is 0.135. The van der Waals surface area contributed by atoms with Gasteiger partial charge < -0.3 is 0 Å². The van der Waals surface area contributed by atoms with Crippen molar-refractivity contribution in [3.05, 3.63) is 24.3 Å². The van der Waals surface area contributed by atoms with Crippen molar-refractivity contribution in [1.29, 1.82) is 0 Å². The van der Waals surface area contributed by atoms with Gasteiger partial charge >= 0.3 is 0 Å². The van der Waals surface area contributed by atoms with Crippen molar-refractivity contribution in [2.75, 3.05) is 27.3 Å². The van der Waals surface area contributed by atoms with E-state index < -0.39 is 20.0 Å². The molecule has 114 valence electrons. The van der Waals surface area contributed by atoms with E-state index in [0.717, 1.165) is 6.26 Å². The van der Waals surface area contributed by atoms with Crippen LogP contribution in [-0.2, 0) is 20.0 Å². The molecule has 0 bridgehead atoms. The molecule has 1 aromatic carbocycles. The summed E-state index contributed by atoms with van der Waals surface area (Å²) >= 11 is 5.60. The maximum absolute atomic E-state index is 11.9. The standard InChI is InChI=1S/C11H17ClN2O4S2/c1-9(7-12)8-20(17,18)14-11-6-4-3-5-10(11)13-19(2,15)16/h3-6,9,13-14H,7-8H2,1-2H3. The predicted octanol–water partition coefficient (Wildman–Crippen LogP) is 1.67. The summed E-state index contributed by atoms with van der Waals surface area (Å²) in [6, 6.07) is 6.17. The molecule has 0 saturated carbocycles. The van der Waals surface area contributed by atoms with Crippen molar-refractivity contribution in [3.63, 3.8) is 0 Å². The van der Waals surface area contributed by atoms with E-state index in [1.807, 2.05) is 0 Å². The van der Waals surface area contributed by atoms with E-state index in [-0.39, 0.29) is 28.9 Å². The normalized spacial score (nSPS) is 13.8. The number of halogens is 1. The Morgan fingerprint density at radius 1 is 1.10 bits per heavy atom. The maximum atomic E-state index is 11.9. The summed E-state index contributed by atoms with van der Waals surface area (Å²) in [4.78, 5) is 0. The number of hydrogen-bond acceptors (Lipinski definition) is 4. The van der Waals surface area contributed by atoms with Crippen LogP contribution in [0.25, 0.3) is 0 Å². The Balaban J connectivity index is 2.98. The third-order valence-electron chi connectivity index (χ3n) is 2.26. The third kappa shape index (κ3) is 5.98. The Labute approximate surface area is 124 Å². The first-order valence-electron chi connectivity index (χ1n) is 5.76. The van der Waals surface area contributed by atoms with Crippen molar-refractivity contribution >= 4 is 43.0 Å². The van der Waals surface area contributed by atoms with E-state index in [1.54, 1.807) is 19.1 Å². The summed E-state index contributed by atoms with van der Waals surface area (Å²) in [6.45, 7) is 1.72. The fourth-order valence-corrected chi connectivity index (χ4v) is 3.77. The van der Waals surface area contributed by atoms with Crippen molar-refractivity contribution < 1.29 is 16.8 Å². The van der Waals surface area contributed by atoms with Gasteiger partial charge in [0.05, 0.1) is 23.4 Å². The van der Waals surface area contributed by atoms with Gasteiger partial charge in [-0.1, -0.05) is 19.1 Å². The molecule has 0 aliphatic carbocycles. The summed E-state index contributed by atoms with van der Waals surface area (Å²) in [5.41, 5.74) is 0.358. The summed E-state index contributed by atoms with van der Waals surface area (Å²) < 4.78 is 51.0. The van der Waals surface area contributed by atoms with E-state index in [0.29, 0.717) is 0 Å². The smallest absolute Gasteiger partial charge is 0.233 e. The van der Waals surface area contributed by atoms with Gasteiger partial charge in [-0.2, -0.15) is 0 Å². The van der Waals surface area contributed by atoms with Gasteiger partial charge in [-0.15, -0.1) is 11.6 Å². The molecule has 1 atom stereocenters. The number of alkyl halides is 1. The lowest BCUT2D eigenvalue weighted by Gasteiger charge is -2.14. The number of rotatable bonds is 7. The van der Waals surface area contributed by atoms with E-state index in [4.69, 9.17) is 11.6 Å². The molecule has 6 nitrogen and oxygen atoms in total. The zero-order chi connectivity index (χ0) is 15.4. The minimum Gasteiger partial charge on any atom is -0.282 e. The van der Waals surface area contributed by atoms with Crippen LogP contribution in [0.3, 0.4) is 0 Å². The zero-order valence-electron chi connectivity index (χ0n) is 11.1. The van der Waals surface area contributed by atoms with Gasteiger partial charge in [0, 0.05) is 5.88 Å². The molecule has 2 N–H and O–H groups in total. The van der Waals surface area contributed by atoms with Crippen molar-refractivity contribution in [2.24, 2.45) is 5.92 Å². The highest BCUT2D eigenvalue weighted by Gasteiger charge is 2.17. The second kappa shape index (κ2) is 6.64. The van der Waals surface area contributed by atoms with Gasteiger partial charge in [0.2, 0.25) is 20.0 Å². The Hall–Kier alpha value is -0.990. The van der Waals surface area contributed by atoms with Crippen LogP contribution in [-0.4, -0.2) is 34.7 Å². The molecule has 0 amide bonds. The maximum Gasteiger partial charge on any atom is 0.233 e. The van der Waals surface area contributed by atoms with Crippen LogP contribution in [0.1, 0.15) is 6.92 Å². The molecule has 0 radical (unpaired) electrons. The highest BCUT2D eigenvalue weighted by Crippen LogP contribution is 2.23. The molecular weight excluding hydrogens is 324 g/mol. The summed E-state index contributed by atoms with van der Waals surface area (Å²) in [7, 11) is -7.08. The predicted molar refractivity (Wildman–Crippen MR) is 82.2 cm³/mol. The minimum atomic E-state index is -3.59. The average molecular weight is 341 g/mol. The molecule has 0 aliphatic rings. The largest absolute Gasteiger partial charge is 0.282 e. The molecular formula is C11H17ClN2O4S2. The number of hydrogen-bond donors (Lipinski definition) is 2. The van der Waals surface area contributed by atoms with Gasteiger partial charge in [0.15, 0.2) is 0 Å². The molecule has 0 spiro atoms. The summed E-state index contributed by atoms with van der Waals surface area (Å²) in [5.74, 6) is -0.113. The lowest BCUT2D eigenvalue weighted by atomic mass is 10.3. The molecule has 0 aromatic heterocycles. The number of nitrogens with one attached hydrogen (secondary N) is 2. The number of sulfonamides is 2. The average Bonchev–Trinajstić information content (AvgIpc) is 2.28. The van der Waals surface area contributed by atoms with Crippen molar-refractivity contribution in [1.82, 2.24) is 0 Å². The highest BCUT2D eigenvalue weighted by atomic mass is 35.5. The molecule has 1 unspecified atom stereocenters. The molecule has 0 heterocycles. The van der Waals surface area contributed by atoms with Gasteiger partial charge in [0.1, 0.15) is 0 Å². The quantitative estimate of drug-likeness (QED) is 0.738. The van der Waals surface area contributed by atoms with Crippen LogP contribution < -0.4 is 9.44 Å². The molecule has 0 fully saturated rings. The molecule has 0 aliphatic heterocycles. The number of para-hydroxylation sites is 2. The summed E-state index contributed by atoms with van der Waals surface area (Å²) in [5, 5.41) is 0. The third-order valence-corrected chi connectivity index (χ3v) is 4.91. The van der Waals surface area contributed by atoms with E-state index in [1.165, 1.54) is 12.1 Å². The van der Waals surface area contributed by atoms with Crippen LogP contribution in [0.15, 0.2) is 24.3 Å². The second-order valence-corrected chi connectivity index (χ2v) is 8.39. The van der Waals surface area contributed by atoms with Gasteiger partial charge in [-0.25, -0.2) is 16.8 Å². The van der Waals surface area contributed by atoms with E-state index >= 15 is 0 Å². The fraction of sp³-hybridized carbons (Fsp3) is 0.455. The van der Waals surface area contributed by atoms with Crippen LogP contribution in [0.5, 0.6) is 0 Å². The van der Waals surface area contributed by atoms with Crippen LogP contribution in [0.2, 0.25) is 0 Å². The number of anilines is 2. The Bertz CT molecular complexity index is 659. The van der Waals surface area contributed by atoms with Gasteiger partial charge in [-0.3, -0.25) is 9.44 Å². The van der Waals surface area contributed by atoms with Crippen LogP contribution in [0.4, 0.5) is 11.4 Å². The zero-order valence-corrected chi connectivity index (χ0v) is 13.5. The first-order valence-corrected chi connectivity index (χ1v) is 9.84. The molecule has 9 heteroatoms. The Morgan fingerprint density at radius 2 is 1.60 bits per heavy atom. The Kier molecular flexibility index (Phi) is 5.67. The lowest BCUT2D eigenvalue weighted by molar-refractivity contribution is 0.588. The highest BCUT2D eigenvalue weighted by molar-refractivity contribution is 7.93. The number of benzene rings is 1. The van der Waals surface area contributed by atoms with Gasteiger partial charge in [0.25, 0.3) is 0 Å². The summed E-state index contributed by atoms with van der Waals surface area (Å²) in [6.07, 6.45) is 0.994. The lowest BCUT2D eigenvalue weighted by Crippen LogP contribution is -2.23. The van der Waals surface area contributed by atoms with E-state index in [2.05, 4.69) is 9.44 Å². The van der Waals surface area contributed by atoms with Gasteiger partial charge in [-0.05, 0) is 18.1 Å². The van der Waals surface area contributed by atoms with Crippen molar-refractivity contribution in [2.45, 2.75) is 6.92 Å². The molecule has 1 rings (SSSR count). The second-order valence-electron chi connectivity index (χ2n) is 4.56. The van der Waals surface area contributed by atoms with E-state index in [9.17, 15) is 16.8 Å². The SMILES string of the molecule is CC(CCl)CS(=O)(=O)Nc1ccccc1NS(C)(=O)=O.